The molecule has 98 valence electrons. The van der Waals surface area contributed by atoms with Gasteiger partial charge in [-0.15, -0.1) is 0 Å². The first kappa shape index (κ1) is 12.2. The molecule has 0 aliphatic heterocycles. The van der Waals surface area contributed by atoms with Crippen LogP contribution in [0, 0.1) is 0 Å². The lowest BCUT2D eigenvalue weighted by Crippen LogP contribution is -1.91. The molecule has 0 bridgehead atoms. The Kier molecular flexibility index (Phi) is 2.89. The average molecular weight is 323 g/mol. The second kappa shape index (κ2) is 4.75. The molecule has 0 N–H and O–H groups in total. The van der Waals surface area contributed by atoms with Crippen LogP contribution in [-0.2, 0) is 12.8 Å². The quantitative estimate of drug-likeness (QED) is 0.534. The van der Waals surface area contributed by atoms with Crippen LogP contribution in [0.4, 0.5) is 0 Å². The van der Waals surface area contributed by atoms with Crippen LogP contribution in [0.15, 0.2) is 59.1 Å². The maximum atomic E-state index is 3.53. The fourth-order valence-corrected chi connectivity index (χ4v) is 3.62. The molecule has 0 nitrogen and oxygen atoms in total. The van der Waals surface area contributed by atoms with Gasteiger partial charge in [0.15, 0.2) is 0 Å². The predicted octanol–water partition coefficient (Wildman–Crippen LogP) is 5.76. The minimum atomic E-state index is 1.14. The maximum absolute atomic E-state index is 3.53. The molecule has 0 spiro atoms. The standard InChI is InChI=1S/C19H15Br/c20-16-10-8-13(9-11-16)19-17-6-2-1-4-14(17)12-15-5-3-7-18(15)19/h1-2,4,6,8-12H,3,5,7H2. The summed E-state index contributed by atoms with van der Waals surface area (Å²) in [5, 5.41) is 2.75. The number of rotatable bonds is 1. The van der Waals surface area contributed by atoms with E-state index >= 15 is 0 Å². The lowest BCUT2D eigenvalue weighted by molar-refractivity contribution is 0.912. The van der Waals surface area contributed by atoms with Crippen LogP contribution in [-0.4, -0.2) is 0 Å². The Labute approximate surface area is 127 Å². The van der Waals surface area contributed by atoms with Crippen LogP contribution in [0.5, 0.6) is 0 Å². The summed E-state index contributed by atoms with van der Waals surface area (Å²) in [6.45, 7) is 0. The summed E-state index contributed by atoms with van der Waals surface area (Å²) >= 11 is 3.53. The van der Waals surface area contributed by atoms with Crippen molar-refractivity contribution in [2.75, 3.05) is 0 Å². The Hall–Kier alpha value is -1.60. The molecule has 0 radical (unpaired) electrons. The molecule has 4 rings (SSSR count). The first-order valence-electron chi connectivity index (χ1n) is 7.12. The highest BCUT2D eigenvalue weighted by molar-refractivity contribution is 9.10. The fourth-order valence-electron chi connectivity index (χ4n) is 3.36. The molecule has 0 atom stereocenters. The summed E-state index contributed by atoms with van der Waals surface area (Å²) in [6.07, 6.45) is 3.73. The van der Waals surface area contributed by atoms with E-state index in [2.05, 4.69) is 70.5 Å². The summed E-state index contributed by atoms with van der Waals surface area (Å²) in [6, 6.07) is 19.9. The van der Waals surface area contributed by atoms with Crippen LogP contribution < -0.4 is 0 Å². The minimum Gasteiger partial charge on any atom is -0.0616 e. The van der Waals surface area contributed by atoms with E-state index in [1.165, 1.54) is 41.2 Å². The van der Waals surface area contributed by atoms with E-state index in [4.69, 9.17) is 0 Å². The van der Waals surface area contributed by atoms with Crippen molar-refractivity contribution in [3.63, 3.8) is 0 Å². The molecule has 1 heteroatoms. The molecule has 1 aliphatic rings. The van der Waals surface area contributed by atoms with Crippen molar-refractivity contribution in [2.24, 2.45) is 0 Å². The third-order valence-electron chi connectivity index (χ3n) is 4.26. The van der Waals surface area contributed by atoms with Crippen LogP contribution in [0.1, 0.15) is 17.5 Å². The topological polar surface area (TPSA) is 0 Å². The van der Waals surface area contributed by atoms with Gasteiger partial charge in [0.1, 0.15) is 0 Å². The van der Waals surface area contributed by atoms with Crippen LogP contribution in [0.3, 0.4) is 0 Å². The molecule has 0 aromatic heterocycles. The molecule has 0 unspecified atom stereocenters. The van der Waals surface area contributed by atoms with Crippen LogP contribution >= 0.6 is 15.9 Å². The molecule has 20 heavy (non-hydrogen) atoms. The van der Waals surface area contributed by atoms with Gasteiger partial charge in [0.05, 0.1) is 0 Å². The van der Waals surface area contributed by atoms with Crippen molar-refractivity contribution >= 4 is 26.7 Å². The Morgan fingerprint density at radius 3 is 2.50 bits per heavy atom. The number of hydrogen-bond donors (Lipinski definition) is 0. The number of fused-ring (bicyclic) bond motifs is 2. The second-order valence-corrected chi connectivity index (χ2v) is 6.39. The summed E-state index contributed by atoms with van der Waals surface area (Å²) in [5.74, 6) is 0. The van der Waals surface area contributed by atoms with Gasteiger partial charge in [-0.3, -0.25) is 0 Å². The van der Waals surface area contributed by atoms with Crippen molar-refractivity contribution in [2.45, 2.75) is 19.3 Å². The van der Waals surface area contributed by atoms with E-state index in [9.17, 15) is 0 Å². The third kappa shape index (κ3) is 1.89. The molecule has 0 heterocycles. The number of hydrogen-bond acceptors (Lipinski definition) is 0. The van der Waals surface area contributed by atoms with Crippen LogP contribution in [0.2, 0.25) is 0 Å². The molecule has 0 amide bonds. The Morgan fingerprint density at radius 2 is 1.65 bits per heavy atom. The minimum absolute atomic E-state index is 1.14. The smallest absolute Gasteiger partial charge is 0.0175 e. The van der Waals surface area contributed by atoms with Crippen molar-refractivity contribution in [1.29, 1.82) is 0 Å². The van der Waals surface area contributed by atoms with Gasteiger partial charge in [-0.1, -0.05) is 58.4 Å². The summed E-state index contributed by atoms with van der Waals surface area (Å²) < 4.78 is 1.14. The predicted molar refractivity (Wildman–Crippen MR) is 89.1 cm³/mol. The van der Waals surface area contributed by atoms with Crippen LogP contribution in [0.25, 0.3) is 21.9 Å². The highest BCUT2D eigenvalue weighted by Gasteiger charge is 2.18. The van der Waals surface area contributed by atoms with Gasteiger partial charge in [-0.25, -0.2) is 0 Å². The zero-order chi connectivity index (χ0) is 13.5. The van der Waals surface area contributed by atoms with E-state index in [0.29, 0.717) is 0 Å². The zero-order valence-electron chi connectivity index (χ0n) is 11.2. The van der Waals surface area contributed by atoms with Gasteiger partial charge in [0.25, 0.3) is 0 Å². The van der Waals surface area contributed by atoms with Gasteiger partial charge in [0.2, 0.25) is 0 Å². The Morgan fingerprint density at radius 1 is 0.850 bits per heavy atom. The summed E-state index contributed by atoms with van der Waals surface area (Å²) in [4.78, 5) is 0. The molecular formula is C19H15Br. The largest absolute Gasteiger partial charge is 0.0616 e. The Bertz CT molecular complexity index is 785. The average Bonchev–Trinajstić information content (AvgIpc) is 2.93. The third-order valence-corrected chi connectivity index (χ3v) is 4.78. The van der Waals surface area contributed by atoms with Gasteiger partial charge in [-0.2, -0.15) is 0 Å². The van der Waals surface area contributed by atoms with Crippen molar-refractivity contribution in [1.82, 2.24) is 0 Å². The number of aryl methyl sites for hydroxylation is 1. The van der Waals surface area contributed by atoms with E-state index in [1.807, 2.05) is 0 Å². The molecule has 3 aromatic carbocycles. The van der Waals surface area contributed by atoms with Gasteiger partial charge in [-0.05, 0) is 64.4 Å². The first-order valence-corrected chi connectivity index (χ1v) is 7.92. The lowest BCUT2D eigenvalue weighted by atomic mass is 9.91. The van der Waals surface area contributed by atoms with E-state index in [1.54, 1.807) is 11.1 Å². The molecule has 0 saturated heterocycles. The van der Waals surface area contributed by atoms with Crippen molar-refractivity contribution in [3.05, 3.63) is 70.2 Å². The van der Waals surface area contributed by atoms with Crippen molar-refractivity contribution in [3.8, 4) is 11.1 Å². The Balaban J connectivity index is 2.08. The maximum Gasteiger partial charge on any atom is 0.0175 e. The molecule has 0 saturated carbocycles. The lowest BCUT2D eigenvalue weighted by Gasteiger charge is -2.13. The zero-order valence-corrected chi connectivity index (χ0v) is 12.8. The number of halogens is 1. The van der Waals surface area contributed by atoms with E-state index in [0.717, 1.165) is 4.47 Å². The second-order valence-electron chi connectivity index (χ2n) is 5.47. The molecule has 3 aromatic rings. The first-order chi connectivity index (χ1) is 9.83. The number of benzene rings is 3. The summed E-state index contributed by atoms with van der Waals surface area (Å²) in [7, 11) is 0. The molecule has 1 aliphatic carbocycles. The van der Waals surface area contributed by atoms with Gasteiger partial charge in [0, 0.05) is 4.47 Å². The molecule has 0 fully saturated rings. The normalized spacial score (nSPS) is 13.7. The van der Waals surface area contributed by atoms with Crippen molar-refractivity contribution < 1.29 is 0 Å². The SMILES string of the molecule is Brc1ccc(-c2c3c(cc4ccccc24)CCC3)cc1. The molecular weight excluding hydrogens is 308 g/mol. The van der Waals surface area contributed by atoms with Gasteiger partial charge < -0.3 is 0 Å². The van der Waals surface area contributed by atoms with E-state index in [-0.39, 0.29) is 0 Å². The fraction of sp³-hybridized carbons (Fsp3) is 0.158. The van der Waals surface area contributed by atoms with E-state index < -0.39 is 0 Å². The highest BCUT2D eigenvalue weighted by atomic mass is 79.9. The monoisotopic (exact) mass is 322 g/mol. The highest BCUT2D eigenvalue weighted by Crippen LogP contribution is 2.38. The van der Waals surface area contributed by atoms with Gasteiger partial charge >= 0.3 is 0 Å². The summed E-state index contributed by atoms with van der Waals surface area (Å²) in [5.41, 5.74) is 5.89.